The lowest BCUT2D eigenvalue weighted by Gasteiger charge is -2.13. The maximum absolute atomic E-state index is 12.3. The molecule has 6 nitrogen and oxygen atoms in total. The highest BCUT2D eigenvalue weighted by Crippen LogP contribution is 2.27. The van der Waals surface area contributed by atoms with Crippen LogP contribution >= 0.6 is 11.8 Å². The van der Waals surface area contributed by atoms with Gasteiger partial charge in [0, 0.05) is 11.3 Å². The number of amides is 1. The van der Waals surface area contributed by atoms with E-state index in [1.54, 1.807) is 0 Å². The Morgan fingerprint density at radius 2 is 1.86 bits per heavy atom. The third-order valence-electron chi connectivity index (χ3n) is 3.92. The summed E-state index contributed by atoms with van der Waals surface area (Å²) in [7, 11) is 0. The zero-order valence-electron chi connectivity index (χ0n) is 15.8. The Kier molecular flexibility index (Phi) is 6.82. The molecule has 152 valence electrons. The van der Waals surface area contributed by atoms with E-state index in [-0.39, 0.29) is 34.4 Å². The van der Waals surface area contributed by atoms with Crippen molar-refractivity contribution < 1.29 is 22.7 Å². The molecule has 0 saturated carbocycles. The van der Waals surface area contributed by atoms with Gasteiger partial charge in [-0.3, -0.25) is 4.79 Å². The van der Waals surface area contributed by atoms with Crippen LogP contribution < -0.4 is 10.1 Å². The minimum Gasteiger partial charge on any atom is -0.435 e. The van der Waals surface area contributed by atoms with E-state index in [0.717, 1.165) is 23.0 Å². The van der Waals surface area contributed by atoms with E-state index in [0.29, 0.717) is 5.56 Å². The average molecular weight is 419 g/mol. The largest absolute Gasteiger partial charge is 0.435 e. The summed E-state index contributed by atoms with van der Waals surface area (Å²) in [4.78, 5) is 12.3. The molecule has 0 fully saturated rings. The van der Waals surface area contributed by atoms with Crippen LogP contribution in [-0.2, 0) is 4.79 Å². The minimum absolute atomic E-state index is 0.0382. The summed E-state index contributed by atoms with van der Waals surface area (Å²) in [5.41, 5.74) is 2.40. The lowest BCUT2D eigenvalue weighted by Crippen LogP contribution is -2.15. The first-order chi connectivity index (χ1) is 13.9. The Balaban J connectivity index is 1.57. The summed E-state index contributed by atoms with van der Waals surface area (Å²) in [6.45, 7) is 1.24. The first-order valence-electron chi connectivity index (χ1n) is 8.82. The van der Waals surface area contributed by atoms with Crippen LogP contribution in [-0.4, -0.2) is 28.5 Å². The summed E-state index contributed by atoms with van der Waals surface area (Å²) in [5, 5.41) is 11.0. The number of nitrogens with one attached hydrogen (secondary N) is 1. The Bertz CT molecular complexity index is 962. The number of rotatable bonds is 8. The van der Waals surface area contributed by atoms with Crippen LogP contribution in [0.1, 0.15) is 25.3 Å². The lowest BCUT2D eigenvalue weighted by molar-refractivity contribution is -0.113. The van der Waals surface area contributed by atoms with Crippen molar-refractivity contribution in [3.8, 4) is 17.2 Å². The smallest absolute Gasteiger partial charge is 0.387 e. The first kappa shape index (κ1) is 20.8. The molecular formula is C20H19F2N3O3S. The van der Waals surface area contributed by atoms with E-state index in [1.165, 1.54) is 24.3 Å². The second kappa shape index (κ2) is 9.51. The van der Waals surface area contributed by atoms with Crippen LogP contribution in [0, 0.1) is 0 Å². The van der Waals surface area contributed by atoms with Gasteiger partial charge in [0.25, 0.3) is 5.22 Å². The predicted octanol–water partition coefficient (Wildman–Crippen LogP) is 5.19. The second-order valence-corrected chi connectivity index (χ2v) is 7.28. The maximum atomic E-state index is 12.3. The highest BCUT2D eigenvalue weighted by atomic mass is 32.2. The third-order valence-corrected chi connectivity index (χ3v) is 4.73. The lowest BCUT2D eigenvalue weighted by atomic mass is 10.0. The number of halogens is 2. The molecule has 1 amide bonds. The highest BCUT2D eigenvalue weighted by Gasteiger charge is 2.14. The number of carbonyl (C=O) groups is 1. The quantitative estimate of drug-likeness (QED) is 0.506. The van der Waals surface area contributed by atoms with Gasteiger partial charge in [-0.2, -0.15) is 8.78 Å². The monoisotopic (exact) mass is 419 g/mol. The average Bonchev–Trinajstić information content (AvgIpc) is 3.16. The molecule has 2 aromatic carbocycles. The van der Waals surface area contributed by atoms with E-state index in [4.69, 9.17) is 4.42 Å². The molecule has 1 heterocycles. The molecule has 3 rings (SSSR count). The number of ether oxygens (including phenoxy) is 1. The summed E-state index contributed by atoms with van der Waals surface area (Å²) < 4.78 is 34.2. The highest BCUT2D eigenvalue weighted by molar-refractivity contribution is 7.99. The SMILES string of the molecule is CC(C)c1ccccc1NC(=O)CSc1nnc(-c2ccc(OC(F)F)cc2)o1. The number of carbonyl (C=O) groups excluding carboxylic acids is 1. The Labute approximate surface area is 170 Å². The summed E-state index contributed by atoms with van der Waals surface area (Å²) in [6, 6.07) is 13.5. The molecule has 1 aromatic heterocycles. The number of alkyl halides is 2. The van der Waals surface area contributed by atoms with E-state index in [1.807, 2.05) is 24.3 Å². The number of hydrogen-bond acceptors (Lipinski definition) is 6. The van der Waals surface area contributed by atoms with Gasteiger partial charge >= 0.3 is 6.61 Å². The van der Waals surface area contributed by atoms with E-state index >= 15 is 0 Å². The van der Waals surface area contributed by atoms with Crippen molar-refractivity contribution in [1.29, 1.82) is 0 Å². The van der Waals surface area contributed by atoms with Crippen molar-refractivity contribution >= 4 is 23.4 Å². The fraction of sp³-hybridized carbons (Fsp3) is 0.250. The number of hydrogen-bond donors (Lipinski definition) is 1. The molecule has 0 atom stereocenters. The summed E-state index contributed by atoms with van der Waals surface area (Å²) in [5.74, 6) is 0.472. The van der Waals surface area contributed by atoms with Crippen LogP contribution in [0.3, 0.4) is 0 Å². The van der Waals surface area contributed by atoms with Crippen molar-refractivity contribution in [2.24, 2.45) is 0 Å². The molecule has 9 heteroatoms. The van der Waals surface area contributed by atoms with Gasteiger partial charge in [-0.25, -0.2) is 0 Å². The molecule has 0 bridgehead atoms. The van der Waals surface area contributed by atoms with Gasteiger partial charge in [0.05, 0.1) is 5.75 Å². The fourth-order valence-electron chi connectivity index (χ4n) is 2.59. The van der Waals surface area contributed by atoms with E-state index in [9.17, 15) is 13.6 Å². The van der Waals surface area contributed by atoms with Crippen molar-refractivity contribution in [2.75, 3.05) is 11.1 Å². The normalized spacial score (nSPS) is 11.1. The zero-order valence-corrected chi connectivity index (χ0v) is 16.6. The van der Waals surface area contributed by atoms with Crippen LogP contribution in [0.4, 0.5) is 14.5 Å². The molecule has 0 saturated heterocycles. The molecule has 0 radical (unpaired) electrons. The maximum Gasteiger partial charge on any atom is 0.387 e. The molecule has 0 unspecified atom stereocenters. The van der Waals surface area contributed by atoms with Gasteiger partial charge < -0.3 is 14.5 Å². The fourth-order valence-corrected chi connectivity index (χ4v) is 3.15. The van der Waals surface area contributed by atoms with Gasteiger partial charge in [0.2, 0.25) is 11.8 Å². The van der Waals surface area contributed by atoms with Crippen LogP contribution in [0.15, 0.2) is 58.2 Å². The Morgan fingerprint density at radius 1 is 1.14 bits per heavy atom. The molecule has 0 aliphatic carbocycles. The van der Waals surface area contributed by atoms with Crippen LogP contribution in [0.5, 0.6) is 5.75 Å². The van der Waals surface area contributed by atoms with E-state index < -0.39 is 6.61 Å². The second-order valence-electron chi connectivity index (χ2n) is 6.35. The summed E-state index contributed by atoms with van der Waals surface area (Å²) in [6.07, 6.45) is 0. The van der Waals surface area contributed by atoms with Crippen LogP contribution in [0.25, 0.3) is 11.5 Å². The van der Waals surface area contributed by atoms with Crippen molar-refractivity contribution in [3.05, 3.63) is 54.1 Å². The topological polar surface area (TPSA) is 77.2 Å². The standard InChI is InChI=1S/C20H19F2N3O3S/c1-12(2)15-5-3-4-6-16(15)23-17(26)11-29-20-25-24-18(28-20)13-7-9-14(10-8-13)27-19(21)22/h3-10,12,19H,11H2,1-2H3,(H,23,26). The number of nitrogens with zero attached hydrogens (tertiary/aromatic N) is 2. The zero-order chi connectivity index (χ0) is 20.8. The predicted molar refractivity (Wildman–Crippen MR) is 106 cm³/mol. The Hall–Kier alpha value is -2.94. The van der Waals surface area contributed by atoms with Gasteiger partial charge in [-0.15, -0.1) is 10.2 Å². The molecule has 0 aliphatic rings. The van der Waals surface area contributed by atoms with Crippen LogP contribution in [0.2, 0.25) is 0 Å². The molecule has 29 heavy (non-hydrogen) atoms. The van der Waals surface area contributed by atoms with Gasteiger partial charge in [0.1, 0.15) is 5.75 Å². The number of anilines is 1. The van der Waals surface area contributed by atoms with Crippen molar-refractivity contribution in [3.63, 3.8) is 0 Å². The Morgan fingerprint density at radius 3 is 2.55 bits per heavy atom. The van der Waals surface area contributed by atoms with Crippen molar-refractivity contribution in [2.45, 2.75) is 31.6 Å². The first-order valence-corrected chi connectivity index (χ1v) is 9.81. The molecule has 1 N–H and O–H groups in total. The van der Waals surface area contributed by atoms with Crippen molar-refractivity contribution in [1.82, 2.24) is 10.2 Å². The number of benzene rings is 2. The molecule has 0 aliphatic heterocycles. The van der Waals surface area contributed by atoms with E-state index in [2.05, 4.69) is 34.1 Å². The van der Waals surface area contributed by atoms with Gasteiger partial charge in [0.15, 0.2) is 0 Å². The van der Waals surface area contributed by atoms with Gasteiger partial charge in [-0.1, -0.05) is 43.8 Å². The minimum atomic E-state index is -2.88. The molecule has 0 spiro atoms. The number of para-hydroxylation sites is 1. The summed E-state index contributed by atoms with van der Waals surface area (Å²) >= 11 is 1.11. The third kappa shape index (κ3) is 5.77. The number of aromatic nitrogens is 2. The molecular weight excluding hydrogens is 400 g/mol. The van der Waals surface area contributed by atoms with Gasteiger partial charge in [-0.05, 0) is 41.8 Å². The molecule has 3 aromatic rings. The number of thioether (sulfide) groups is 1.